The van der Waals surface area contributed by atoms with Crippen LogP contribution in [0.3, 0.4) is 0 Å². The first-order valence-electron chi connectivity index (χ1n) is 4.32. The number of benzene rings is 1. The first-order valence-corrected chi connectivity index (χ1v) is 5.11. The largest absolute Gasteiger partial charge is 0.434 e. The van der Waals surface area contributed by atoms with E-state index in [0.717, 1.165) is 0 Å². The molecule has 5 heteroatoms. The van der Waals surface area contributed by atoms with Gasteiger partial charge in [-0.3, -0.25) is 4.79 Å². The Balaban J connectivity index is 3.08. The van der Waals surface area contributed by atoms with Crippen LogP contribution in [-0.4, -0.2) is 12.4 Å². The van der Waals surface area contributed by atoms with Gasteiger partial charge in [0.05, 0.1) is 5.56 Å². The molecule has 0 aliphatic carbocycles. The number of carbonyl (C=O) groups excluding carboxylic acids is 1. The number of hydrogen-bond acceptors (Lipinski definition) is 2. The van der Waals surface area contributed by atoms with E-state index < -0.39 is 6.61 Å². The number of ether oxygens (including phenoxy) is 1. The number of rotatable bonds is 4. The van der Waals surface area contributed by atoms with Crippen molar-refractivity contribution in [1.82, 2.24) is 0 Å². The van der Waals surface area contributed by atoms with E-state index in [9.17, 15) is 13.6 Å². The predicted octanol–water partition coefficient (Wildman–Crippen LogP) is 3.64. The molecule has 0 atom stereocenters. The summed E-state index contributed by atoms with van der Waals surface area (Å²) in [6.45, 7) is -1.26. The van der Waals surface area contributed by atoms with Crippen molar-refractivity contribution in [1.29, 1.82) is 0 Å². The van der Waals surface area contributed by atoms with E-state index in [1.807, 2.05) is 0 Å². The van der Waals surface area contributed by atoms with Gasteiger partial charge in [0.15, 0.2) is 5.78 Å². The van der Waals surface area contributed by atoms with Crippen LogP contribution >= 0.6 is 15.9 Å². The highest BCUT2D eigenvalue weighted by molar-refractivity contribution is 9.10. The quantitative estimate of drug-likeness (QED) is 0.786. The van der Waals surface area contributed by atoms with Gasteiger partial charge < -0.3 is 4.74 Å². The Morgan fingerprint density at radius 3 is 2.73 bits per heavy atom. The molecule has 0 N–H and O–H groups in total. The highest BCUT2D eigenvalue weighted by Crippen LogP contribution is 2.25. The maximum atomic E-state index is 12.0. The standard InChI is InChI=1S/C10H9BrF2O2/c1-2-8(14)7-5-6(11)3-4-9(7)15-10(12)13/h3-5,10H,2H2,1H3. The molecule has 0 spiro atoms. The van der Waals surface area contributed by atoms with E-state index in [0.29, 0.717) is 4.47 Å². The third-order valence-corrected chi connectivity index (χ3v) is 2.27. The summed E-state index contributed by atoms with van der Waals surface area (Å²) in [6.07, 6.45) is 0.246. The average molecular weight is 279 g/mol. The number of hydrogen-bond donors (Lipinski definition) is 0. The summed E-state index contributed by atoms with van der Waals surface area (Å²) in [5.74, 6) is -0.313. The summed E-state index contributed by atoms with van der Waals surface area (Å²) < 4.78 is 28.9. The summed E-state index contributed by atoms with van der Waals surface area (Å²) in [4.78, 5) is 11.4. The Hall–Kier alpha value is -0.970. The fourth-order valence-corrected chi connectivity index (χ4v) is 1.47. The van der Waals surface area contributed by atoms with E-state index in [1.165, 1.54) is 12.1 Å². The normalized spacial score (nSPS) is 10.5. The summed E-state index contributed by atoms with van der Waals surface area (Å²) >= 11 is 3.16. The van der Waals surface area contributed by atoms with Gasteiger partial charge in [0.2, 0.25) is 0 Å². The van der Waals surface area contributed by atoms with Crippen LogP contribution in [-0.2, 0) is 0 Å². The zero-order valence-corrected chi connectivity index (χ0v) is 9.55. The Morgan fingerprint density at radius 1 is 1.53 bits per heavy atom. The minimum Gasteiger partial charge on any atom is -0.434 e. The second-order valence-electron chi connectivity index (χ2n) is 2.80. The molecule has 15 heavy (non-hydrogen) atoms. The van der Waals surface area contributed by atoms with Crippen LogP contribution in [0.25, 0.3) is 0 Å². The molecule has 0 unspecified atom stereocenters. The van der Waals surface area contributed by atoms with Crippen molar-refractivity contribution < 1.29 is 18.3 Å². The number of ketones is 1. The van der Waals surface area contributed by atoms with Crippen LogP contribution in [0.15, 0.2) is 22.7 Å². The average Bonchev–Trinajstić information content (AvgIpc) is 2.19. The van der Waals surface area contributed by atoms with E-state index in [-0.39, 0.29) is 23.5 Å². The monoisotopic (exact) mass is 278 g/mol. The van der Waals surface area contributed by atoms with Gasteiger partial charge in [0, 0.05) is 10.9 Å². The van der Waals surface area contributed by atoms with Crippen molar-refractivity contribution in [3.05, 3.63) is 28.2 Å². The molecule has 1 aromatic carbocycles. The first kappa shape index (κ1) is 12.1. The molecule has 0 amide bonds. The summed E-state index contributed by atoms with van der Waals surface area (Å²) in [7, 11) is 0. The van der Waals surface area contributed by atoms with E-state index >= 15 is 0 Å². The van der Waals surface area contributed by atoms with E-state index in [4.69, 9.17) is 0 Å². The molecule has 0 aliphatic rings. The lowest BCUT2D eigenvalue weighted by atomic mass is 10.1. The molecule has 0 heterocycles. The van der Waals surface area contributed by atoms with Gasteiger partial charge in [-0.1, -0.05) is 22.9 Å². The van der Waals surface area contributed by atoms with Crippen molar-refractivity contribution in [2.75, 3.05) is 0 Å². The van der Waals surface area contributed by atoms with Gasteiger partial charge in [-0.15, -0.1) is 0 Å². The molecular formula is C10H9BrF2O2. The van der Waals surface area contributed by atoms with Crippen LogP contribution in [0.5, 0.6) is 5.75 Å². The lowest BCUT2D eigenvalue weighted by Crippen LogP contribution is -2.07. The third-order valence-electron chi connectivity index (χ3n) is 1.78. The molecule has 0 radical (unpaired) electrons. The Kier molecular flexibility index (Phi) is 4.20. The van der Waals surface area contributed by atoms with Crippen molar-refractivity contribution in [3.63, 3.8) is 0 Å². The zero-order valence-electron chi connectivity index (χ0n) is 7.97. The minimum atomic E-state index is -2.92. The van der Waals surface area contributed by atoms with Gasteiger partial charge in [-0.05, 0) is 18.2 Å². The summed E-state index contributed by atoms with van der Waals surface area (Å²) in [6, 6.07) is 4.37. The van der Waals surface area contributed by atoms with E-state index in [1.54, 1.807) is 13.0 Å². The second kappa shape index (κ2) is 5.21. The summed E-state index contributed by atoms with van der Waals surface area (Å²) in [5, 5.41) is 0. The SMILES string of the molecule is CCC(=O)c1cc(Br)ccc1OC(F)F. The van der Waals surface area contributed by atoms with Crippen LogP contribution in [0.4, 0.5) is 8.78 Å². The van der Waals surface area contributed by atoms with Gasteiger partial charge >= 0.3 is 6.61 Å². The third kappa shape index (κ3) is 3.27. The van der Waals surface area contributed by atoms with Crippen LogP contribution < -0.4 is 4.74 Å². The summed E-state index contributed by atoms with van der Waals surface area (Å²) in [5.41, 5.74) is 0.173. The highest BCUT2D eigenvalue weighted by atomic mass is 79.9. The van der Waals surface area contributed by atoms with Crippen molar-refractivity contribution in [2.24, 2.45) is 0 Å². The molecule has 0 aromatic heterocycles. The van der Waals surface area contributed by atoms with Gasteiger partial charge in [-0.25, -0.2) is 0 Å². The highest BCUT2D eigenvalue weighted by Gasteiger charge is 2.14. The van der Waals surface area contributed by atoms with Gasteiger partial charge in [0.1, 0.15) is 5.75 Å². The molecule has 1 aromatic rings. The molecule has 0 aliphatic heterocycles. The van der Waals surface area contributed by atoms with Crippen LogP contribution in [0, 0.1) is 0 Å². The molecule has 82 valence electrons. The zero-order chi connectivity index (χ0) is 11.4. The molecule has 1 rings (SSSR count). The second-order valence-corrected chi connectivity index (χ2v) is 3.71. The molecular weight excluding hydrogens is 270 g/mol. The Morgan fingerprint density at radius 2 is 2.20 bits per heavy atom. The fourth-order valence-electron chi connectivity index (χ4n) is 1.11. The number of carbonyl (C=O) groups is 1. The molecule has 0 bridgehead atoms. The number of Topliss-reactive ketones (excluding diaryl/α,β-unsaturated/α-hetero) is 1. The van der Waals surface area contributed by atoms with Crippen molar-refractivity contribution in [3.8, 4) is 5.75 Å². The van der Waals surface area contributed by atoms with Crippen LogP contribution in [0.2, 0.25) is 0 Å². The number of alkyl halides is 2. The molecule has 0 saturated carbocycles. The van der Waals surface area contributed by atoms with Crippen molar-refractivity contribution in [2.45, 2.75) is 20.0 Å². The minimum absolute atomic E-state index is 0.0833. The lowest BCUT2D eigenvalue weighted by molar-refractivity contribution is -0.0501. The molecule has 2 nitrogen and oxygen atoms in total. The topological polar surface area (TPSA) is 26.3 Å². The predicted molar refractivity (Wildman–Crippen MR) is 55.4 cm³/mol. The molecule has 0 fully saturated rings. The maximum absolute atomic E-state index is 12.0. The fraction of sp³-hybridized carbons (Fsp3) is 0.300. The van der Waals surface area contributed by atoms with Gasteiger partial charge in [-0.2, -0.15) is 8.78 Å². The van der Waals surface area contributed by atoms with Crippen molar-refractivity contribution >= 4 is 21.7 Å². The van der Waals surface area contributed by atoms with Crippen LogP contribution in [0.1, 0.15) is 23.7 Å². The van der Waals surface area contributed by atoms with Gasteiger partial charge in [0.25, 0.3) is 0 Å². The Labute approximate surface area is 94.4 Å². The molecule has 0 saturated heterocycles. The Bertz CT molecular complexity index is 366. The number of halogens is 3. The van der Waals surface area contributed by atoms with E-state index in [2.05, 4.69) is 20.7 Å². The smallest absolute Gasteiger partial charge is 0.387 e. The lowest BCUT2D eigenvalue weighted by Gasteiger charge is -2.09. The maximum Gasteiger partial charge on any atom is 0.387 e. The first-order chi connectivity index (χ1) is 7.04.